The second kappa shape index (κ2) is 10.1. The van der Waals surface area contributed by atoms with Gasteiger partial charge in [-0.05, 0) is 25.5 Å². The molecule has 1 rings (SSSR count). The first kappa shape index (κ1) is 18.4. The quantitative estimate of drug-likeness (QED) is 0.408. The number of nitrogens with one attached hydrogen (secondary N) is 1. The summed E-state index contributed by atoms with van der Waals surface area (Å²) >= 11 is 1.41. The van der Waals surface area contributed by atoms with E-state index in [0.29, 0.717) is 11.4 Å². The van der Waals surface area contributed by atoms with Crippen LogP contribution in [-0.4, -0.2) is 30.8 Å². The molecule has 1 aromatic heterocycles. The summed E-state index contributed by atoms with van der Waals surface area (Å²) in [6.45, 7) is 4.33. The van der Waals surface area contributed by atoms with Crippen LogP contribution >= 0.6 is 11.3 Å². The lowest BCUT2D eigenvalue weighted by atomic mass is 10.2. The number of esters is 1. The average Bonchev–Trinajstić information content (AvgIpc) is 2.93. The molecule has 0 aliphatic carbocycles. The van der Waals surface area contributed by atoms with Crippen LogP contribution in [0.4, 0.5) is 0 Å². The third-order valence-corrected chi connectivity index (χ3v) is 4.08. The van der Waals surface area contributed by atoms with Gasteiger partial charge in [0.1, 0.15) is 0 Å². The normalized spacial score (nSPS) is 10.3. The van der Waals surface area contributed by atoms with Crippen molar-refractivity contribution in [3.05, 3.63) is 21.9 Å². The molecule has 0 bridgehead atoms. The van der Waals surface area contributed by atoms with E-state index < -0.39 is 5.97 Å². The Morgan fingerprint density at radius 2 is 1.95 bits per heavy atom. The van der Waals surface area contributed by atoms with Crippen LogP contribution in [-0.2, 0) is 14.3 Å². The van der Waals surface area contributed by atoms with Gasteiger partial charge >= 0.3 is 5.97 Å². The van der Waals surface area contributed by atoms with Gasteiger partial charge in [0.15, 0.2) is 12.4 Å². The van der Waals surface area contributed by atoms with Crippen molar-refractivity contribution in [2.45, 2.75) is 46.0 Å². The van der Waals surface area contributed by atoms with Crippen LogP contribution in [0.25, 0.3) is 0 Å². The maximum Gasteiger partial charge on any atom is 0.306 e. The van der Waals surface area contributed by atoms with Gasteiger partial charge in [-0.3, -0.25) is 14.4 Å². The molecule has 1 amide bonds. The highest BCUT2D eigenvalue weighted by molar-refractivity contribution is 7.14. The first-order valence-electron chi connectivity index (χ1n) is 7.55. The predicted octanol–water partition coefficient (Wildman–Crippen LogP) is 2.87. The van der Waals surface area contributed by atoms with Gasteiger partial charge in [0.05, 0.1) is 11.3 Å². The van der Waals surface area contributed by atoms with Gasteiger partial charge in [0, 0.05) is 17.8 Å². The van der Waals surface area contributed by atoms with Crippen LogP contribution in [0.1, 0.15) is 53.6 Å². The van der Waals surface area contributed by atoms with Crippen molar-refractivity contribution in [3.8, 4) is 0 Å². The number of carbonyl (C=O) groups excluding carboxylic acids is 3. The van der Waals surface area contributed by atoms with Crippen LogP contribution in [0, 0.1) is 6.92 Å². The molecular formula is C16H23NO4S. The van der Waals surface area contributed by atoms with Crippen LogP contribution < -0.4 is 5.32 Å². The maximum atomic E-state index is 11.8. The molecule has 0 saturated heterocycles. The average molecular weight is 325 g/mol. The van der Waals surface area contributed by atoms with Gasteiger partial charge in [-0.2, -0.15) is 0 Å². The third-order valence-electron chi connectivity index (χ3n) is 3.04. The van der Waals surface area contributed by atoms with Gasteiger partial charge in [-0.25, -0.2) is 0 Å². The van der Waals surface area contributed by atoms with Crippen molar-refractivity contribution < 1.29 is 19.1 Å². The summed E-state index contributed by atoms with van der Waals surface area (Å²) < 4.78 is 4.85. The standard InChI is InChI=1S/C16H23NO4S/c1-3-4-5-10-17-15(19)11-21-16(20)9-7-13(18)14-8-6-12(2)22-14/h6,8H,3-5,7,9-11H2,1-2H3,(H,17,19). The van der Waals surface area contributed by atoms with E-state index in [1.807, 2.05) is 13.0 Å². The number of aryl methyl sites for hydroxylation is 1. The fourth-order valence-electron chi connectivity index (χ4n) is 1.80. The molecule has 0 aliphatic rings. The number of ether oxygens (including phenoxy) is 1. The zero-order valence-electron chi connectivity index (χ0n) is 13.1. The minimum Gasteiger partial charge on any atom is -0.456 e. The minimum absolute atomic E-state index is 0.00110. The second-order valence-electron chi connectivity index (χ2n) is 5.05. The largest absolute Gasteiger partial charge is 0.456 e. The van der Waals surface area contributed by atoms with E-state index in [9.17, 15) is 14.4 Å². The van der Waals surface area contributed by atoms with Crippen LogP contribution in [0.2, 0.25) is 0 Å². The molecule has 0 atom stereocenters. The highest BCUT2D eigenvalue weighted by Gasteiger charge is 2.13. The summed E-state index contributed by atoms with van der Waals surface area (Å²) in [4.78, 5) is 36.5. The van der Waals surface area contributed by atoms with E-state index in [-0.39, 0.29) is 31.1 Å². The first-order valence-corrected chi connectivity index (χ1v) is 8.36. The van der Waals surface area contributed by atoms with Gasteiger partial charge in [0.2, 0.25) is 0 Å². The molecule has 1 aromatic rings. The Morgan fingerprint density at radius 3 is 2.59 bits per heavy atom. The van der Waals surface area contributed by atoms with Gasteiger partial charge < -0.3 is 10.1 Å². The number of rotatable bonds is 10. The zero-order chi connectivity index (χ0) is 16.4. The lowest BCUT2D eigenvalue weighted by Gasteiger charge is -2.06. The van der Waals surface area contributed by atoms with E-state index in [2.05, 4.69) is 12.2 Å². The topological polar surface area (TPSA) is 72.5 Å². The third kappa shape index (κ3) is 7.36. The number of carbonyl (C=O) groups is 3. The van der Waals surface area contributed by atoms with E-state index in [1.54, 1.807) is 6.07 Å². The van der Waals surface area contributed by atoms with E-state index in [1.165, 1.54) is 11.3 Å². The van der Waals surface area contributed by atoms with Crippen molar-refractivity contribution in [1.82, 2.24) is 5.32 Å². The molecule has 0 unspecified atom stereocenters. The summed E-state index contributed by atoms with van der Waals surface area (Å²) in [5, 5.41) is 2.68. The van der Waals surface area contributed by atoms with E-state index >= 15 is 0 Å². The fourth-order valence-corrected chi connectivity index (χ4v) is 2.63. The molecule has 6 heteroatoms. The molecule has 0 fully saturated rings. The summed E-state index contributed by atoms with van der Waals surface area (Å²) in [5.41, 5.74) is 0. The van der Waals surface area contributed by atoms with Gasteiger partial charge in [-0.1, -0.05) is 19.8 Å². The Bertz CT molecular complexity index is 510. The molecule has 0 saturated carbocycles. The van der Waals surface area contributed by atoms with Crippen molar-refractivity contribution in [3.63, 3.8) is 0 Å². The Kier molecular flexibility index (Phi) is 8.43. The van der Waals surface area contributed by atoms with Crippen molar-refractivity contribution in [1.29, 1.82) is 0 Å². The SMILES string of the molecule is CCCCCNC(=O)COC(=O)CCC(=O)c1ccc(C)s1. The lowest BCUT2D eigenvalue weighted by molar-refractivity contribution is -0.148. The van der Waals surface area contributed by atoms with Crippen molar-refractivity contribution in [2.24, 2.45) is 0 Å². The molecule has 0 spiro atoms. The second-order valence-corrected chi connectivity index (χ2v) is 6.34. The van der Waals surface area contributed by atoms with Crippen LogP contribution in [0.3, 0.4) is 0 Å². The Balaban J connectivity index is 2.15. The Hall–Kier alpha value is -1.69. The van der Waals surface area contributed by atoms with E-state index in [4.69, 9.17) is 4.74 Å². The van der Waals surface area contributed by atoms with Gasteiger partial charge in [-0.15, -0.1) is 11.3 Å². The zero-order valence-corrected chi connectivity index (χ0v) is 14.0. The first-order chi connectivity index (χ1) is 10.5. The molecule has 1 N–H and O–H groups in total. The van der Waals surface area contributed by atoms with Crippen molar-refractivity contribution in [2.75, 3.05) is 13.2 Å². The highest BCUT2D eigenvalue weighted by atomic mass is 32.1. The summed E-state index contributed by atoms with van der Waals surface area (Å²) in [6, 6.07) is 3.64. The Morgan fingerprint density at radius 1 is 1.18 bits per heavy atom. The summed E-state index contributed by atoms with van der Waals surface area (Å²) in [7, 11) is 0. The van der Waals surface area contributed by atoms with Crippen molar-refractivity contribution >= 4 is 29.0 Å². The van der Waals surface area contributed by atoms with E-state index in [0.717, 1.165) is 24.1 Å². The molecular weight excluding hydrogens is 302 g/mol. The fraction of sp³-hybridized carbons (Fsp3) is 0.562. The summed E-state index contributed by atoms with van der Waals surface area (Å²) in [5.74, 6) is -0.894. The lowest BCUT2D eigenvalue weighted by Crippen LogP contribution is -2.29. The number of ketones is 1. The molecule has 1 heterocycles. The highest BCUT2D eigenvalue weighted by Crippen LogP contribution is 2.17. The number of unbranched alkanes of at least 4 members (excludes halogenated alkanes) is 2. The molecule has 0 radical (unpaired) electrons. The predicted molar refractivity (Wildman–Crippen MR) is 86.1 cm³/mol. The molecule has 0 aromatic carbocycles. The number of hydrogen-bond acceptors (Lipinski definition) is 5. The van der Waals surface area contributed by atoms with Crippen LogP contribution in [0.15, 0.2) is 12.1 Å². The smallest absolute Gasteiger partial charge is 0.306 e. The number of amides is 1. The molecule has 0 aliphatic heterocycles. The number of hydrogen-bond donors (Lipinski definition) is 1. The monoisotopic (exact) mass is 325 g/mol. The molecule has 122 valence electrons. The number of Topliss-reactive ketones (excluding diaryl/α,β-unsaturated/α-hetero) is 1. The molecule has 5 nitrogen and oxygen atoms in total. The van der Waals surface area contributed by atoms with Gasteiger partial charge in [0.25, 0.3) is 5.91 Å². The molecule has 22 heavy (non-hydrogen) atoms. The number of thiophene rings is 1. The summed E-state index contributed by atoms with van der Waals surface area (Å²) in [6.07, 6.45) is 3.17. The maximum absolute atomic E-state index is 11.8. The van der Waals surface area contributed by atoms with Crippen LogP contribution in [0.5, 0.6) is 0 Å². The Labute approximate surface area is 135 Å². The minimum atomic E-state index is -0.523.